The Morgan fingerprint density at radius 2 is 2.24 bits per heavy atom. The number of hydrogen-bond donors (Lipinski definition) is 3. The summed E-state index contributed by atoms with van der Waals surface area (Å²) in [4.78, 5) is 29.2. The second kappa shape index (κ2) is 9.87. The number of hydrogen-bond acceptors (Lipinski definition) is 6. The molecule has 0 radical (unpaired) electrons. The molecule has 1 saturated carbocycles. The fourth-order valence-electron chi connectivity index (χ4n) is 3.37. The van der Waals surface area contributed by atoms with Crippen LogP contribution in [0.2, 0.25) is 0 Å². The van der Waals surface area contributed by atoms with Gasteiger partial charge in [-0.25, -0.2) is 9.78 Å². The van der Waals surface area contributed by atoms with Gasteiger partial charge in [0.2, 0.25) is 5.91 Å². The van der Waals surface area contributed by atoms with Gasteiger partial charge in [0.25, 0.3) is 0 Å². The minimum atomic E-state index is -0.341. The smallest absolute Gasteiger partial charge is 0.407 e. The Hall–Kier alpha value is -2.42. The Morgan fingerprint density at radius 1 is 1.41 bits per heavy atom. The lowest BCUT2D eigenvalue weighted by Crippen LogP contribution is -2.31. The number of carbonyl (C=O) groups excluding carboxylic acids is 2. The molecule has 1 unspecified atom stereocenters. The molecule has 2 heterocycles. The van der Waals surface area contributed by atoms with Crippen molar-refractivity contribution in [1.29, 1.82) is 0 Å². The number of H-pyrrole nitrogens is 1. The number of nitrogens with zero attached hydrogens (tertiary/aromatic N) is 2. The van der Waals surface area contributed by atoms with Crippen molar-refractivity contribution in [3.63, 3.8) is 0 Å². The fraction of sp³-hybridized carbons (Fsp3) is 0.600. The topological polar surface area (TPSA) is 109 Å². The van der Waals surface area contributed by atoms with Crippen LogP contribution in [0.3, 0.4) is 0 Å². The summed E-state index contributed by atoms with van der Waals surface area (Å²) in [6, 6.07) is 1.87. The highest BCUT2D eigenvalue weighted by Crippen LogP contribution is 2.35. The van der Waals surface area contributed by atoms with E-state index in [1.807, 2.05) is 13.0 Å². The van der Waals surface area contributed by atoms with E-state index in [-0.39, 0.29) is 24.0 Å². The van der Waals surface area contributed by atoms with Crippen LogP contribution in [-0.2, 0) is 16.0 Å². The number of alkyl carbamates (subject to hydrolysis) is 1. The number of ether oxygens (including phenoxy) is 1. The molecule has 9 heteroatoms. The Labute approximate surface area is 174 Å². The minimum absolute atomic E-state index is 0.0900. The van der Waals surface area contributed by atoms with E-state index in [4.69, 9.17) is 4.74 Å². The summed E-state index contributed by atoms with van der Waals surface area (Å²) in [5.74, 6) is 1.08. The first-order valence-electron chi connectivity index (χ1n) is 10.1. The molecule has 0 bridgehead atoms. The van der Waals surface area contributed by atoms with Crippen LogP contribution in [0, 0.1) is 12.8 Å². The SMILES string of the molecule is CCC(C)CNC(=O)O[C@@H]1CC[C@H](c2cc(NC(=O)Cc3cnc(C)s3)n[nH]2)C1. The molecule has 3 rings (SSSR count). The predicted octanol–water partition coefficient (Wildman–Crippen LogP) is 3.76. The Balaban J connectivity index is 1.44. The van der Waals surface area contributed by atoms with Gasteiger partial charge in [-0.1, -0.05) is 20.3 Å². The van der Waals surface area contributed by atoms with Crippen LogP contribution in [0.1, 0.15) is 61.0 Å². The molecule has 158 valence electrons. The van der Waals surface area contributed by atoms with Crippen LogP contribution >= 0.6 is 11.3 Å². The third-order valence-corrected chi connectivity index (χ3v) is 6.17. The molecule has 1 aliphatic carbocycles. The van der Waals surface area contributed by atoms with E-state index in [2.05, 4.69) is 39.7 Å². The van der Waals surface area contributed by atoms with Crippen LogP contribution in [0.5, 0.6) is 0 Å². The lowest BCUT2D eigenvalue weighted by Gasteiger charge is -2.15. The molecule has 8 nitrogen and oxygen atoms in total. The molecule has 3 atom stereocenters. The Bertz CT molecular complexity index is 834. The molecular formula is C20H29N5O3S. The summed E-state index contributed by atoms with van der Waals surface area (Å²) in [6.07, 6.45) is 5.11. The van der Waals surface area contributed by atoms with Crippen molar-refractivity contribution in [1.82, 2.24) is 20.5 Å². The fourth-order valence-corrected chi connectivity index (χ4v) is 4.16. The van der Waals surface area contributed by atoms with E-state index in [9.17, 15) is 9.59 Å². The largest absolute Gasteiger partial charge is 0.446 e. The van der Waals surface area contributed by atoms with E-state index >= 15 is 0 Å². The van der Waals surface area contributed by atoms with Crippen LogP contribution in [0.15, 0.2) is 12.3 Å². The molecule has 2 amide bonds. The first-order chi connectivity index (χ1) is 13.9. The standard InChI is InChI=1S/C20H29N5O3S/c1-4-12(2)10-22-20(27)28-15-6-5-14(7-15)17-9-18(25-24-17)23-19(26)8-16-11-21-13(3)29-16/h9,11-12,14-15H,4-8,10H2,1-3H3,(H,22,27)(H2,23,24,25,26)/t12?,14-,15+/m0/s1. The maximum atomic E-state index is 12.2. The van der Waals surface area contributed by atoms with Crippen molar-refractivity contribution in [2.75, 3.05) is 11.9 Å². The zero-order valence-electron chi connectivity index (χ0n) is 17.2. The highest BCUT2D eigenvalue weighted by molar-refractivity contribution is 7.11. The summed E-state index contributed by atoms with van der Waals surface area (Å²) < 4.78 is 5.54. The van der Waals surface area contributed by atoms with Gasteiger partial charge in [-0.05, 0) is 32.1 Å². The zero-order chi connectivity index (χ0) is 20.8. The number of aromatic amines is 1. The van der Waals surface area contributed by atoms with Gasteiger partial charge in [0.15, 0.2) is 5.82 Å². The van der Waals surface area contributed by atoms with Gasteiger partial charge in [-0.3, -0.25) is 9.89 Å². The summed E-state index contributed by atoms with van der Waals surface area (Å²) in [6.45, 7) is 6.75. The molecule has 0 aromatic carbocycles. The lowest BCUT2D eigenvalue weighted by molar-refractivity contribution is -0.115. The first kappa shape index (κ1) is 21.3. The minimum Gasteiger partial charge on any atom is -0.446 e. The quantitative estimate of drug-likeness (QED) is 0.603. The van der Waals surface area contributed by atoms with Crippen LogP contribution < -0.4 is 10.6 Å². The monoisotopic (exact) mass is 419 g/mol. The van der Waals surface area contributed by atoms with E-state index in [1.54, 1.807) is 6.20 Å². The van der Waals surface area contributed by atoms with Gasteiger partial charge < -0.3 is 15.4 Å². The van der Waals surface area contributed by atoms with Crippen molar-refractivity contribution < 1.29 is 14.3 Å². The molecule has 2 aromatic heterocycles. The van der Waals surface area contributed by atoms with Crippen molar-refractivity contribution in [2.24, 2.45) is 5.92 Å². The molecule has 0 saturated heterocycles. The van der Waals surface area contributed by atoms with Crippen molar-refractivity contribution in [3.05, 3.63) is 27.8 Å². The van der Waals surface area contributed by atoms with Crippen LogP contribution in [-0.4, -0.2) is 39.8 Å². The van der Waals surface area contributed by atoms with Crippen molar-refractivity contribution >= 4 is 29.2 Å². The number of carbonyl (C=O) groups is 2. The van der Waals surface area contributed by atoms with E-state index < -0.39 is 0 Å². The molecule has 0 aliphatic heterocycles. The average molecular weight is 420 g/mol. The molecule has 3 N–H and O–H groups in total. The van der Waals surface area contributed by atoms with Gasteiger partial charge >= 0.3 is 6.09 Å². The summed E-state index contributed by atoms with van der Waals surface area (Å²) in [5, 5.41) is 13.8. The molecule has 2 aromatic rings. The third kappa shape index (κ3) is 6.28. The van der Waals surface area contributed by atoms with E-state index in [1.165, 1.54) is 11.3 Å². The van der Waals surface area contributed by atoms with E-state index in [0.717, 1.165) is 41.3 Å². The van der Waals surface area contributed by atoms with Gasteiger partial charge in [-0.15, -0.1) is 11.3 Å². The summed E-state index contributed by atoms with van der Waals surface area (Å²) >= 11 is 1.52. The van der Waals surface area contributed by atoms with E-state index in [0.29, 0.717) is 24.7 Å². The number of rotatable bonds is 8. The van der Waals surface area contributed by atoms with Gasteiger partial charge in [-0.2, -0.15) is 5.10 Å². The molecule has 1 aliphatic rings. The Kier molecular flexibility index (Phi) is 7.24. The lowest BCUT2D eigenvalue weighted by atomic mass is 10.0. The highest BCUT2D eigenvalue weighted by Gasteiger charge is 2.30. The van der Waals surface area contributed by atoms with Crippen molar-refractivity contribution in [2.45, 2.75) is 64.9 Å². The molecule has 29 heavy (non-hydrogen) atoms. The number of aromatic nitrogens is 3. The summed E-state index contributed by atoms with van der Waals surface area (Å²) in [7, 11) is 0. The number of thiazole rings is 1. The first-order valence-corrected chi connectivity index (χ1v) is 11.0. The molecule has 0 spiro atoms. The predicted molar refractivity (Wildman–Crippen MR) is 112 cm³/mol. The van der Waals surface area contributed by atoms with Gasteiger partial charge in [0, 0.05) is 35.3 Å². The van der Waals surface area contributed by atoms with Gasteiger partial charge in [0.1, 0.15) is 6.10 Å². The van der Waals surface area contributed by atoms with Gasteiger partial charge in [0.05, 0.1) is 11.4 Å². The van der Waals surface area contributed by atoms with Crippen molar-refractivity contribution in [3.8, 4) is 0 Å². The molecule has 1 fully saturated rings. The summed E-state index contributed by atoms with van der Waals surface area (Å²) in [5.41, 5.74) is 0.958. The zero-order valence-corrected chi connectivity index (χ0v) is 18.0. The highest BCUT2D eigenvalue weighted by atomic mass is 32.1. The third-order valence-electron chi connectivity index (χ3n) is 5.26. The maximum absolute atomic E-state index is 12.2. The number of amides is 2. The number of nitrogens with one attached hydrogen (secondary N) is 3. The van der Waals surface area contributed by atoms with Crippen LogP contribution in [0.25, 0.3) is 0 Å². The average Bonchev–Trinajstić information content (AvgIpc) is 3.41. The molecular weight excluding hydrogens is 390 g/mol. The normalized spacial score (nSPS) is 19.7. The second-order valence-corrected chi connectivity index (χ2v) is 9.03. The maximum Gasteiger partial charge on any atom is 0.407 e. The Morgan fingerprint density at radius 3 is 2.97 bits per heavy atom. The second-order valence-electron chi connectivity index (χ2n) is 7.71. The number of aryl methyl sites for hydroxylation is 1. The van der Waals surface area contributed by atoms with Crippen LogP contribution in [0.4, 0.5) is 10.6 Å². The number of anilines is 1.